The van der Waals surface area contributed by atoms with E-state index in [0.29, 0.717) is 10.9 Å². The smallest absolute Gasteiger partial charge is 0.0937 e. The van der Waals surface area contributed by atoms with Crippen molar-refractivity contribution < 1.29 is 0 Å². The third-order valence-corrected chi connectivity index (χ3v) is 2.64. The molecule has 2 aromatic rings. The monoisotopic (exact) mass is 232 g/mol. The summed E-state index contributed by atoms with van der Waals surface area (Å²) in [4.78, 5) is 0. The van der Waals surface area contributed by atoms with E-state index < -0.39 is 0 Å². The van der Waals surface area contributed by atoms with Gasteiger partial charge in [0, 0.05) is 22.6 Å². The fourth-order valence-corrected chi connectivity index (χ4v) is 1.69. The molecule has 16 heavy (non-hydrogen) atoms. The number of aryl methyl sites for hydroxylation is 1. The predicted molar refractivity (Wildman–Crippen MR) is 67.6 cm³/mol. The molecule has 1 N–H and O–H groups in total. The van der Waals surface area contributed by atoms with E-state index in [1.165, 1.54) is 0 Å². The first-order chi connectivity index (χ1) is 7.58. The number of halogens is 1. The lowest BCUT2D eigenvalue weighted by Crippen LogP contribution is -1.82. The molecular formula is C13H13ClN2. The zero-order chi connectivity index (χ0) is 11.7. The van der Waals surface area contributed by atoms with Crippen LogP contribution in [0.5, 0.6) is 0 Å². The summed E-state index contributed by atoms with van der Waals surface area (Å²) in [6.07, 6.45) is 0. The second-order valence-corrected chi connectivity index (χ2v) is 4.53. The normalized spacial score (nSPS) is 10.6. The van der Waals surface area contributed by atoms with Gasteiger partial charge >= 0.3 is 0 Å². The minimum Gasteiger partial charge on any atom is -0.282 e. The molecule has 0 aliphatic carbocycles. The first kappa shape index (κ1) is 11.0. The number of rotatable bonds is 0. The van der Waals surface area contributed by atoms with E-state index in [2.05, 4.69) is 35.9 Å². The Morgan fingerprint density at radius 3 is 2.81 bits per heavy atom. The van der Waals surface area contributed by atoms with Crippen LogP contribution in [0.4, 0.5) is 0 Å². The maximum absolute atomic E-state index is 6.17. The number of nitrogens with zero attached hydrogens (tertiary/aromatic N) is 1. The number of hydrogen-bond donors (Lipinski definition) is 1. The highest BCUT2D eigenvalue weighted by molar-refractivity contribution is 6.32. The van der Waals surface area contributed by atoms with Crippen molar-refractivity contribution in [2.45, 2.75) is 20.8 Å². The Bertz CT molecular complexity index is 585. The van der Waals surface area contributed by atoms with Crippen molar-refractivity contribution in [1.29, 1.82) is 0 Å². The van der Waals surface area contributed by atoms with Crippen LogP contribution in [-0.4, -0.2) is 10.2 Å². The van der Waals surface area contributed by atoms with Crippen molar-refractivity contribution in [3.8, 4) is 11.8 Å². The van der Waals surface area contributed by atoms with Gasteiger partial charge in [-0.2, -0.15) is 5.10 Å². The molecule has 2 rings (SSSR count). The fourth-order valence-electron chi connectivity index (χ4n) is 1.48. The van der Waals surface area contributed by atoms with Gasteiger partial charge in [-0.25, -0.2) is 0 Å². The van der Waals surface area contributed by atoms with Gasteiger partial charge in [0.15, 0.2) is 0 Å². The summed E-state index contributed by atoms with van der Waals surface area (Å²) in [6.45, 7) is 6.08. The highest BCUT2D eigenvalue weighted by atomic mass is 35.5. The molecule has 0 aliphatic rings. The van der Waals surface area contributed by atoms with E-state index in [9.17, 15) is 0 Å². The van der Waals surface area contributed by atoms with Crippen molar-refractivity contribution >= 4 is 22.5 Å². The number of aromatic amines is 1. The largest absolute Gasteiger partial charge is 0.282 e. The van der Waals surface area contributed by atoms with Crippen LogP contribution in [0.25, 0.3) is 10.9 Å². The first-order valence-electron chi connectivity index (χ1n) is 5.23. The van der Waals surface area contributed by atoms with Crippen LogP contribution < -0.4 is 0 Å². The quantitative estimate of drug-likeness (QED) is 0.692. The Morgan fingerprint density at radius 1 is 1.38 bits per heavy atom. The summed E-state index contributed by atoms with van der Waals surface area (Å²) in [5, 5.41) is 8.88. The van der Waals surface area contributed by atoms with Crippen LogP contribution in [0.2, 0.25) is 5.02 Å². The van der Waals surface area contributed by atoms with Crippen LogP contribution in [0.1, 0.15) is 25.1 Å². The lowest BCUT2D eigenvalue weighted by atomic mass is 10.1. The second-order valence-electron chi connectivity index (χ2n) is 4.12. The molecule has 0 saturated carbocycles. The van der Waals surface area contributed by atoms with E-state index >= 15 is 0 Å². The molecule has 82 valence electrons. The number of fused-ring (bicyclic) bond motifs is 1. The molecule has 0 atom stereocenters. The van der Waals surface area contributed by atoms with Gasteiger partial charge in [-0.3, -0.25) is 5.10 Å². The van der Waals surface area contributed by atoms with Gasteiger partial charge in [0.1, 0.15) is 0 Å². The molecule has 0 spiro atoms. The van der Waals surface area contributed by atoms with Crippen LogP contribution in [0.3, 0.4) is 0 Å². The van der Waals surface area contributed by atoms with Crippen molar-refractivity contribution in [3.05, 3.63) is 28.4 Å². The van der Waals surface area contributed by atoms with E-state index in [1.54, 1.807) is 0 Å². The average Bonchev–Trinajstić information content (AvgIpc) is 2.57. The van der Waals surface area contributed by atoms with Crippen molar-refractivity contribution in [2.24, 2.45) is 5.92 Å². The van der Waals surface area contributed by atoms with Crippen LogP contribution in [0.15, 0.2) is 12.1 Å². The minimum atomic E-state index is 0.340. The Labute approximate surface area is 100 Å². The van der Waals surface area contributed by atoms with Crippen LogP contribution >= 0.6 is 11.6 Å². The number of nitrogens with one attached hydrogen (secondary N) is 1. The molecule has 2 nitrogen and oxygen atoms in total. The number of H-pyrrole nitrogens is 1. The molecule has 0 bridgehead atoms. The third kappa shape index (κ3) is 2.05. The van der Waals surface area contributed by atoms with E-state index in [4.69, 9.17) is 11.6 Å². The van der Waals surface area contributed by atoms with Gasteiger partial charge in [0.2, 0.25) is 0 Å². The van der Waals surface area contributed by atoms with Gasteiger partial charge < -0.3 is 0 Å². The maximum Gasteiger partial charge on any atom is 0.0937 e. The Kier molecular flexibility index (Phi) is 2.89. The molecule has 1 aromatic heterocycles. The molecule has 0 amide bonds. The van der Waals surface area contributed by atoms with Gasteiger partial charge in [-0.05, 0) is 19.1 Å². The van der Waals surface area contributed by atoms with Gasteiger partial charge in [-0.1, -0.05) is 37.3 Å². The predicted octanol–water partition coefficient (Wildman–Crippen LogP) is 3.53. The number of hydrogen-bond acceptors (Lipinski definition) is 1. The summed E-state index contributed by atoms with van der Waals surface area (Å²) >= 11 is 6.17. The molecular weight excluding hydrogens is 220 g/mol. The third-order valence-electron chi connectivity index (χ3n) is 2.33. The Balaban J connectivity index is 2.56. The summed E-state index contributed by atoms with van der Waals surface area (Å²) < 4.78 is 0. The average molecular weight is 233 g/mol. The zero-order valence-corrected chi connectivity index (χ0v) is 10.3. The summed E-state index contributed by atoms with van der Waals surface area (Å²) in [6, 6.07) is 3.84. The van der Waals surface area contributed by atoms with Crippen LogP contribution in [-0.2, 0) is 0 Å². The maximum atomic E-state index is 6.17. The molecule has 0 saturated heterocycles. The van der Waals surface area contributed by atoms with E-state index in [0.717, 1.165) is 22.2 Å². The summed E-state index contributed by atoms with van der Waals surface area (Å²) in [7, 11) is 0. The molecule has 0 aliphatic heterocycles. The summed E-state index contributed by atoms with van der Waals surface area (Å²) in [5.74, 6) is 6.52. The van der Waals surface area contributed by atoms with Crippen LogP contribution in [0, 0.1) is 24.7 Å². The Hall–Kier alpha value is -1.46. The zero-order valence-electron chi connectivity index (χ0n) is 9.56. The minimum absolute atomic E-state index is 0.340. The van der Waals surface area contributed by atoms with Gasteiger partial charge in [0.05, 0.1) is 10.5 Å². The molecule has 1 heterocycles. The second kappa shape index (κ2) is 4.19. The van der Waals surface area contributed by atoms with Gasteiger partial charge in [-0.15, -0.1) is 0 Å². The van der Waals surface area contributed by atoms with Crippen molar-refractivity contribution in [2.75, 3.05) is 0 Å². The molecule has 0 fully saturated rings. The first-order valence-corrected chi connectivity index (χ1v) is 5.61. The number of benzene rings is 1. The van der Waals surface area contributed by atoms with Crippen molar-refractivity contribution in [1.82, 2.24) is 10.2 Å². The topological polar surface area (TPSA) is 28.7 Å². The van der Waals surface area contributed by atoms with Gasteiger partial charge in [0.25, 0.3) is 0 Å². The lowest BCUT2D eigenvalue weighted by Gasteiger charge is -1.97. The lowest BCUT2D eigenvalue weighted by molar-refractivity contribution is 0.866. The molecule has 0 unspecified atom stereocenters. The highest BCUT2D eigenvalue weighted by Gasteiger charge is 2.05. The fraction of sp³-hybridized carbons (Fsp3) is 0.308. The Morgan fingerprint density at radius 2 is 2.12 bits per heavy atom. The SMILES string of the molecule is Cc1[nH]nc2cc(C#CC(C)C)c(Cl)cc12. The van der Waals surface area contributed by atoms with Crippen molar-refractivity contribution in [3.63, 3.8) is 0 Å². The molecule has 0 radical (unpaired) electrons. The van der Waals surface area contributed by atoms with E-state index in [1.807, 2.05) is 19.1 Å². The molecule has 1 aromatic carbocycles. The molecule has 3 heteroatoms. The standard InChI is InChI=1S/C13H13ClN2/c1-8(2)4-5-10-6-13-11(7-12(10)14)9(3)15-16-13/h6-8H,1-3H3,(H,15,16). The number of aromatic nitrogens is 2. The summed E-state index contributed by atoms with van der Waals surface area (Å²) in [5.41, 5.74) is 2.78. The highest BCUT2D eigenvalue weighted by Crippen LogP contribution is 2.24. The van der Waals surface area contributed by atoms with E-state index in [-0.39, 0.29) is 0 Å².